The minimum atomic E-state index is -1.23. The van der Waals surface area contributed by atoms with Crippen LogP contribution in [0, 0.1) is 11.8 Å². The summed E-state index contributed by atoms with van der Waals surface area (Å²) in [6.45, 7) is 1.35. The molecule has 36 heavy (non-hydrogen) atoms. The van der Waals surface area contributed by atoms with Gasteiger partial charge in [-0.05, 0) is 42.1 Å². The zero-order valence-electron chi connectivity index (χ0n) is 20.3. The fourth-order valence-electron chi connectivity index (χ4n) is 4.49. The van der Waals surface area contributed by atoms with Crippen LogP contribution in [0.2, 0.25) is 0 Å². The van der Waals surface area contributed by atoms with Crippen molar-refractivity contribution in [2.75, 3.05) is 32.7 Å². The van der Waals surface area contributed by atoms with Crippen LogP contribution in [0.1, 0.15) is 24.8 Å². The van der Waals surface area contributed by atoms with E-state index in [1.54, 1.807) is 0 Å². The average Bonchev–Trinajstić information content (AvgIpc) is 3.31. The van der Waals surface area contributed by atoms with Gasteiger partial charge in [0.15, 0.2) is 0 Å². The number of carbonyl (C=O) groups excluding carboxylic acids is 3. The summed E-state index contributed by atoms with van der Waals surface area (Å²) in [6, 6.07) is 12.9. The first-order valence-corrected chi connectivity index (χ1v) is 12.3. The Morgan fingerprint density at radius 2 is 1.58 bits per heavy atom. The Morgan fingerprint density at radius 3 is 2.22 bits per heavy atom. The number of carboxylic acid groups (broad SMARTS) is 1. The molecule has 0 aliphatic carbocycles. The summed E-state index contributed by atoms with van der Waals surface area (Å²) >= 11 is 0. The molecule has 1 saturated heterocycles. The average molecular weight is 498 g/mol. The number of carboxylic acids is 1. The second-order valence-electron chi connectivity index (χ2n) is 9.17. The van der Waals surface area contributed by atoms with Gasteiger partial charge in [-0.25, -0.2) is 0 Å². The van der Waals surface area contributed by atoms with Gasteiger partial charge in [-0.3, -0.25) is 19.2 Å². The standard InChI is InChI=1S/C26H35N5O5/c27-10-3-4-11-29-24(34)20-15-31(26(36)22(28)14-23(32)33)16-21(20)25(35)30-12-9-17-7-8-18-5-1-2-6-19(18)13-17/h1-2,5-8,13,20-22H,3-4,9-12,14-16,27-28H2,(H,29,34)(H,30,35)(H,32,33)/t20-,21-,22+/m1/s1. The third-order valence-corrected chi connectivity index (χ3v) is 6.47. The Labute approximate surface area is 210 Å². The molecule has 7 N–H and O–H groups in total. The maximum atomic E-state index is 13.1. The van der Waals surface area contributed by atoms with E-state index in [9.17, 15) is 19.2 Å². The molecule has 2 aromatic rings. The number of likely N-dealkylation sites (tertiary alicyclic amines) is 1. The van der Waals surface area contributed by atoms with E-state index < -0.39 is 36.2 Å². The Hall–Kier alpha value is -3.50. The molecule has 0 saturated carbocycles. The van der Waals surface area contributed by atoms with E-state index in [1.807, 2.05) is 36.4 Å². The number of unbranched alkanes of at least 4 members (excludes halogenated alkanes) is 1. The van der Waals surface area contributed by atoms with Crippen LogP contribution in [0.5, 0.6) is 0 Å². The molecule has 1 aliphatic heterocycles. The number of fused-ring (bicyclic) bond motifs is 1. The lowest BCUT2D eigenvalue weighted by molar-refractivity contribution is -0.141. The summed E-state index contributed by atoms with van der Waals surface area (Å²) in [4.78, 5) is 50.9. The first-order valence-electron chi connectivity index (χ1n) is 12.3. The highest BCUT2D eigenvalue weighted by atomic mass is 16.4. The number of amides is 3. The van der Waals surface area contributed by atoms with E-state index in [4.69, 9.17) is 16.6 Å². The maximum Gasteiger partial charge on any atom is 0.305 e. The normalized spacial score (nSPS) is 18.1. The first-order chi connectivity index (χ1) is 17.3. The van der Waals surface area contributed by atoms with Gasteiger partial charge in [-0.15, -0.1) is 0 Å². The molecule has 0 bridgehead atoms. The van der Waals surface area contributed by atoms with E-state index >= 15 is 0 Å². The zero-order chi connectivity index (χ0) is 26.1. The van der Waals surface area contributed by atoms with Crippen LogP contribution in [-0.4, -0.2) is 72.5 Å². The topological polar surface area (TPSA) is 168 Å². The molecule has 0 spiro atoms. The quantitative estimate of drug-likeness (QED) is 0.262. The van der Waals surface area contributed by atoms with Crippen LogP contribution in [-0.2, 0) is 25.6 Å². The zero-order valence-corrected chi connectivity index (χ0v) is 20.3. The Bertz CT molecular complexity index is 1090. The molecular formula is C26H35N5O5. The molecule has 194 valence electrons. The number of nitrogens with two attached hydrogens (primary N) is 2. The van der Waals surface area contributed by atoms with Gasteiger partial charge in [0.25, 0.3) is 0 Å². The third kappa shape index (κ3) is 7.25. The van der Waals surface area contributed by atoms with Gasteiger partial charge in [-0.2, -0.15) is 0 Å². The summed E-state index contributed by atoms with van der Waals surface area (Å²) in [5, 5.41) is 17.0. The van der Waals surface area contributed by atoms with E-state index in [2.05, 4.69) is 16.7 Å². The smallest absolute Gasteiger partial charge is 0.305 e. The lowest BCUT2D eigenvalue weighted by Gasteiger charge is -2.19. The molecule has 10 heteroatoms. The number of carbonyl (C=O) groups is 4. The second-order valence-corrected chi connectivity index (χ2v) is 9.17. The molecular weight excluding hydrogens is 462 g/mol. The highest BCUT2D eigenvalue weighted by Crippen LogP contribution is 2.25. The van der Waals surface area contributed by atoms with Gasteiger partial charge in [0.1, 0.15) is 0 Å². The summed E-state index contributed by atoms with van der Waals surface area (Å²) in [5.41, 5.74) is 12.3. The van der Waals surface area contributed by atoms with E-state index in [0.717, 1.165) is 22.8 Å². The molecule has 2 aromatic carbocycles. The first kappa shape index (κ1) is 27.1. The number of rotatable bonds is 12. The van der Waals surface area contributed by atoms with Crippen LogP contribution < -0.4 is 22.1 Å². The molecule has 3 rings (SSSR count). The third-order valence-electron chi connectivity index (χ3n) is 6.47. The highest BCUT2D eigenvalue weighted by Gasteiger charge is 2.44. The number of aliphatic carboxylic acids is 1. The fourth-order valence-corrected chi connectivity index (χ4v) is 4.49. The lowest BCUT2D eigenvalue weighted by atomic mass is 9.94. The molecule has 3 amide bonds. The predicted molar refractivity (Wildman–Crippen MR) is 136 cm³/mol. The Kier molecular flexibility index (Phi) is 9.77. The summed E-state index contributed by atoms with van der Waals surface area (Å²) in [7, 11) is 0. The van der Waals surface area contributed by atoms with Gasteiger partial charge in [0.05, 0.1) is 24.3 Å². The Morgan fingerprint density at radius 1 is 0.944 bits per heavy atom. The minimum absolute atomic E-state index is 0.00878. The molecule has 0 unspecified atom stereocenters. The second kappa shape index (κ2) is 13.0. The van der Waals surface area contributed by atoms with Crippen molar-refractivity contribution in [2.24, 2.45) is 23.3 Å². The van der Waals surface area contributed by atoms with Crippen LogP contribution in [0.25, 0.3) is 10.8 Å². The van der Waals surface area contributed by atoms with E-state index in [0.29, 0.717) is 32.5 Å². The number of hydrogen-bond donors (Lipinski definition) is 5. The molecule has 0 aromatic heterocycles. The van der Waals surface area contributed by atoms with Crippen molar-refractivity contribution in [3.63, 3.8) is 0 Å². The predicted octanol–water partition coefficient (Wildman–Crippen LogP) is 0.230. The molecule has 1 fully saturated rings. The molecule has 1 heterocycles. The Balaban J connectivity index is 1.62. The fraction of sp³-hybridized carbons (Fsp3) is 0.462. The monoisotopic (exact) mass is 497 g/mol. The van der Waals surface area contributed by atoms with Crippen LogP contribution in [0.15, 0.2) is 42.5 Å². The van der Waals surface area contributed by atoms with Gasteiger partial charge >= 0.3 is 5.97 Å². The van der Waals surface area contributed by atoms with E-state index in [-0.39, 0.29) is 24.9 Å². The van der Waals surface area contributed by atoms with Crippen molar-refractivity contribution in [3.05, 3.63) is 48.0 Å². The van der Waals surface area contributed by atoms with Gasteiger partial charge < -0.3 is 32.1 Å². The van der Waals surface area contributed by atoms with Crippen molar-refractivity contribution >= 4 is 34.5 Å². The van der Waals surface area contributed by atoms with Crippen molar-refractivity contribution < 1.29 is 24.3 Å². The van der Waals surface area contributed by atoms with Crippen molar-refractivity contribution in [2.45, 2.75) is 31.7 Å². The van der Waals surface area contributed by atoms with Crippen molar-refractivity contribution in [3.8, 4) is 0 Å². The minimum Gasteiger partial charge on any atom is -0.481 e. The summed E-state index contributed by atoms with van der Waals surface area (Å²) in [6.07, 6.45) is 1.57. The number of nitrogens with one attached hydrogen (secondary N) is 2. The number of benzene rings is 2. The largest absolute Gasteiger partial charge is 0.481 e. The summed E-state index contributed by atoms with van der Waals surface area (Å²) in [5.74, 6) is -3.90. The van der Waals surface area contributed by atoms with Crippen LogP contribution >= 0.6 is 0 Å². The summed E-state index contributed by atoms with van der Waals surface area (Å²) < 4.78 is 0. The molecule has 1 aliphatic rings. The molecule has 10 nitrogen and oxygen atoms in total. The lowest BCUT2D eigenvalue weighted by Crippen LogP contribution is -2.44. The SMILES string of the molecule is NCCCCNC(=O)[C@@H]1CN(C(=O)[C@@H](N)CC(=O)O)C[C@H]1C(=O)NCCc1ccc2ccccc2c1. The van der Waals surface area contributed by atoms with E-state index in [1.165, 1.54) is 4.90 Å². The molecule has 0 radical (unpaired) electrons. The maximum absolute atomic E-state index is 13.1. The van der Waals surface area contributed by atoms with Gasteiger partial charge in [0, 0.05) is 26.2 Å². The number of nitrogens with zero attached hydrogens (tertiary/aromatic N) is 1. The van der Waals surface area contributed by atoms with Crippen molar-refractivity contribution in [1.29, 1.82) is 0 Å². The van der Waals surface area contributed by atoms with Crippen molar-refractivity contribution in [1.82, 2.24) is 15.5 Å². The van der Waals surface area contributed by atoms with Gasteiger partial charge in [-0.1, -0.05) is 42.5 Å². The molecule has 3 atom stereocenters. The highest BCUT2D eigenvalue weighted by molar-refractivity contribution is 5.92. The van der Waals surface area contributed by atoms with Crippen LogP contribution in [0.3, 0.4) is 0 Å². The van der Waals surface area contributed by atoms with Crippen LogP contribution in [0.4, 0.5) is 0 Å². The number of hydrogen-bond acceptors (Lipinski definition) is 6. The van der Waals surface area contributed by atoms with Gasteiger partial charge in [0.2, 0.25) is 17.7 Å².